The summed E-state index contributed by atoms with van der Waals surface area (Å²) in [5.74, 6) is -3.55. The SMILES string of the molecule is C[C@H](N[C@@H](C)c1cc(F)cc(F)c1)c1ccccc1.O=C(O)c1ccccc1C(=O)O. The lowest BCUT2D eigenvalue weighted by atomic mass is 10.0. The van der Waals surface area contributed by atoms with Crippen molar-refractivity contribution >= 4 is 11.9 Å². The lowest BCUT2D eigenvalue weighted by Gasteiger charge is -2.21. The van der Waals surface area contributed by atoms with Crippen molar-refractivity contribution in [2.75, 3.05) is 0 Å². The molecule has 0 radical (unpaired) electrons. The third kappa shape index (κ3) is 7.01. The fourth-order valence-corrected chi connectivity index (χ4v) is 2.99. The van der Waals surface area contributed by atoms with Gasteiger partial charge in [0.2, 0.25) is 0 Å². The Hall–Kier alpha value is -3.58. The Morgan fingerprint density at radius 3 is 1.58 bits per heavy atom. The lowest BCUT2D eigenvalue weighted by molar-refractivity contribution is 0.0651. The number of aromatic carboxylic acids is 2. The summed E-state index contributed by atoms with van der Waals surface area (Å²) in [6.45, 7) is 3.93. The summed E-state index contributed by atoms with van der Waals surface area (Å²) in [7, 11) is 0. The molecule has 3 aromatic rings. The highest BCUT2D eigenvalue weighted by Crippen LogP contribution is 2.20. The zero-order chi connectivity index (χ0) is 23.0. The summed E-state index contributed by atoms with van der Waals surface area (Å²) in [6.07, 6.45) is 0. The Balaban J connectivity index is 0.000000245. The molecular weight excluding hydrogens is 404 g/mol. The molecule has 0 fully saturated rings. The van der Waals surface area contributed by atoms with E-state index >= 15 is 0 Å². The Labute approximate surface area is 179 Å². The van der Waals surface area contributed by atoms with Crippen LogP contribution in [0.25, 0.3) is 0 Å². The smallest absolute Gasteiger partial charge is 0.336 e. The minimum Gasteiger partial charge on any atom is -0.478 e. The molecule has 162 valence electrons. The normalized spacial score (nSPS) is 12.3. The van der Waals surface area contributed by atoms with E-state index in [-0.39, 0.29) is 23.2 Å². The number of halogens is 2. The number of benzene rings is 3. The molecule has 0 heterocycles. The Bertz CT molecular complexity index is 988. The molecule has 3 aromatic carbocycles. The number of rotatable bonds is 6. The molecule has 2 atom stereocenters. The van der Waals surface area contributed by atoms with E-state index in [0.29, 0.717) is 5.56 Å². The first-order valence-electron chi connectivity index (χ1n) is 9.51. The van der Waals surface area contributed by atoms with Gasteiger partial charge in [-0.25, -0.2) is 18.4 Å². The van der Waals surface area contributed by atoms with E-state index in [0.717, 1.165) is 11.6 Å². The molecule has 0 spiro atoms. The van der Waals surface area contributed by atoms with Gasteiger partial charge < -0.3 is 15.5 Å². The summed E-state index contributed by atoms with van der Waals surface area (Å²) >= 11 is 0. The van der Waals surface area contributed by atoms with Crippen molar-refractivity contribution in [1.82, 2.24) is 5.32 Å². The van der Waals surface area contributed by atoms with Crippen LogP contribution in [0.2, 0.25) is 0 Å². The number of carboxylic acid groups (broad SMARTS) is 2. The van der Waals surface area contributed by atoms with E-state index in [1.54, 1.807) is 0 Å². The number of hydrogen-bond donors (Lipinski definition) is 3. The van der Waals surface area contributed by atoms with Gasteiger partial charge in [0.05, 0.1) is 11.1 Å². The fraction of sp³-hybridized carbons (Fsp3) is 0.167. The van der Waals surface area contributed by atoms with Crippen molar-refractivity contribution in [3.05, 3.63) is 107 Å². The Morgan fingerprint density at radius 2 is 1.13 bits per heavy atom. The average Bonchev–Trinajstić information content (AvgIpc) is 2.74. The second-order valence-corrected chi connectivity index (χ2v) is 6.88. The van der Waals surface area contributed by atoms with Gasteiger partial charge in [-0.3, -0.25) is 0 Å². The minimum absolute atomic E-state index is 0.113. The first-order valence-corrected chi connectivity index (χ1v) is 9.51. The van der Waals surface area contributed by atoms with Crippen LogP contribution in [-0.2, 0) is 0 Å². The molecule has 0 aliphatic carbocycles. The molecule has 0 aliphatic heterocycles. The van der Waals surface area contributed by atoms with Gasteiger partial charge in [-0.2, -0.15) is 0 Å². The number of carbonyl (C=O) groups is 2. The van der Waals surface area contributed by atoms with Crippen LogP contribution in [0, 0.1) is 11.6 Å². The van der Waals surface area contributed by atoms with Gasteiger partial charge in [0.25, 0.3) is 0 Å². The van der Waals surface area contributed by atoms with Gasteiger partial charge in [0.1, 0.15) is 11.6 Å². The maximum atomic E-state index is 13.2. The average molecular weight is 427 g/mol. The summed E-state index contributed by atoms with van der Waals surface area (Å²) < 4.78 is 26.4. The summed E-state index contributed by atoms with van der Waals surface area (Å²) in [4.78, 5) is 20.9. The summed E-state index contributed by atoms with van der Waals surface area (Å²) in [5, 5.41) is 20.4. The maximum Gasteiger partial charge on any atom is 0.336 e. The van der Waals surface area contributed by atoms with Crippen molar-refractivity contribution in [2.45, 2.75) is 25.9 Å². The number of carboxylic acids is 2. The Morgan fingerprint density at radius 1 is 0.710 bits per heavy atom. The van der Waals surface area contributed by atoms with Gasteiger partial charge in [-0.05, 0) is 49.2 Å². The molecule has 0 aliphatic rings. The van der Waals surface area contributed by atoms with Crippen LogP contribution in [0.15, 0.2) is 72.8 Å². The molecule has 0 aromatic heterocycles. The molecule has 5 nitrogen and oxygen atoms in total. The minimum atomic E-state index is -1.23. The van der Waals surface area contributed by atoms with E-state index in [9.17, 15) is 18.4 Å². The van der Waals surface area contributed by atoms with Gasteiger partial charge in [-0.15, -0.1) is 0 Å². The topological polar surface area (TPSA) is 86.6 Å². The predicted octanol–water partition coefficient (Wildman–Crippen LogP) is 5.46. The van der Waals surface area contributed by atoms with E-state index in [1.807, 2.05) is 44.2 Å². The first kappa shape index (κ1) is 23.7. The number of hydrogen-bond acceptors (Lipinski definition) is 3. The molecule has 7 heteroatoms. The fourth-order valence-electron chi connectivity index (χ4n) is 2.99. The second kappa shape index (κ2) is 11.0. The predicted molar refractivity (Wildman–Crippen MR) is 113 cm³/mol. The standard InChI is InChI=1S/C16H17F2N.C8H6O4/c1-11(13-6-4-3-5-7-13)19-12(2)14-8-15(17)10-16(18)9-14;9-7(10)5-3-1-2-4-6(5)8(11)12/h3-12,19H,1-2H3;1-4H,(H,9,10)(H,11,12)/t11-,12-;/m0./s1. The van der Waals surface area contributed by atoms with E-state index < -0.39 is 23.6 Å². The van der Waals surface area contributed by atoms with Gasteiger partial charge in [0, 0.05) is 18.2 Å². The molecule has 0 saturated carbocycles. The van der Waals surface area contributed by atoms with Gasteiger partial charge >= 0.3 is 11.9 Å². The molecular formula is C24H23F2NO4. The maximum absolute atomic E-state index is 13.2. The van der Waals surface area contributed by atoms with Crippen molar-refractivity contribution in [3.8, 4) is 0 Å². The second-order valence-electron chi connectivity index (χ2n) is 6.88. The monoisotopic (exact) mass is 427 g/mol. The van der Waals surface area contributed by atoms with Gasteiger partial charge in [-0.1, -0.05) is 42.5 Å². The largest absolute Gasteiger partial charge is 0.478 e. The lowest BCUT2D eigenvalue weighted by Crippen LogP contribution is -2.22. The molecule has 31 heavy (non-hydrogen) atoms. The van der Waals surface area contributed by atoms with Crippen LogP contribution in [0.1, 0.15) is 57.8 Å². The van der Waals surface area contributed by atoms with Crippen molar-refractivity contribution in [3.63, 3.8) is 0 Å². The van der Waals surface area contributed by atoms with Crippen LogP contribution in [0.3, 0.4) is 0 Å². The van der Waals surface area contributed by atoms with Crippen LogP contribution in [0.5, 0.6) is 0 Å². The molecule has 0 saturated heterocycles. The van der Waals surface area contributed by atoms with Crippen LogP contribution in [0.4, 0.5) is 8.78 Å². The molecule has 3 N–H and O–H groups in total. The molecule has 3 rings (SSSR count). The zero-order valence-corrected chi connectivity index (χ0v) is 17.0. The quantitative estimate of drug-likeness (QED) is 0.486. The van der Waals surface area contributed by atoms with Crippen LogP contribution in [-0.4, -0.2) is 22.2 Å². The van der Waals surface area contributed by atoms with Gasteiger partial charge in [0.15, 0.2) is 0 Å². The highest BCUT2D eigenvalue weighted by Gasteiger charge is 2.14. The van der Waals surface area contributed by atoms with E-state index in [1.165, 1.54) is 36.4 Å². The first-order chi connectivity index (χ1) is 14.7. The van der Waals surface area contributed by atoms with Crippen molar-refractivity contribution in [2.24, 2.45) is 0 Å². The van der Waals surface area contributed by atoms with E-state index in [4.69, 9.17) is 10.2 Å². The third-order valence-electron chi connectivity index (χ3n) is 4.57. The highest BCUT2D eigenvalue weighted by atomic mass is 19.1. The Kier molecular flexibility index (Phi) is 8.40. The van der Waals surface area contributed by atoms with E-state index in [2.05, 4.69) is 5.32 Å². The molecule has 0 unspecified atom stereocenters. The molecule has 0 amide bonds. The zero-order valence-electron chi connectivity index (χ0n) is 17.0. The highest BCUT2D eigenvalue weighted by molar-refractivity contribution is 6.01. The molecule has 0 bridgehead atoms. The summed E-state index contributed by atoms with van der Waals surface area (Å²) in [6, 6.07) is 19.0. The van der Waals surface area contributed by atoms with Crippen LogP contribution >= 0.6 is 0 Å². The third-order valence-corrected chi connectivity index (χ3v) is 4.57. The van der Waals surface area contributed by atoms with Crippen molar-refractivity contribution < 1.29 is 28.6 Å². The summed E-state index contributed by atoms with van der Waals surface area (Å²) in [5.41, 5.74) is 1.38. The van der Waals surface area contributed by atoms with Crippen molar-refractivity contribution in [1.29, 1.82) is 0 Å². The van der Waals surface area contributed by atoms with Crippen LogP contribution < -0.4 is 5.32 Å². The number of nitrogens with one attached hydrogen (secondary N) is 1.